The van der Waals surface area contributed by atoms with Gasteiger partial charge in [0.25, 0.3) is 5.92 Å². The molecule has 0 heterocycles. The third-order valence-corrected chi connectivity index (χ3v) is 22.6. The number of rotatable bonds is 0. The third kappa shape index (κ3) is 23.5. The summed E-state index contributed by atoms with van der Waals surface area (Å²) in [5, 5.41) is 0. The van der Waals surface area contributed by atoms with Gasteiger partial charge in [-0.2, -0.15) is 96.6 Å². The topological polar surface area (TPSA) is 0 Å². The molecule has 8 aliphatic rings. The molecule has 23 atom stereocenters. The first-order valence-corrected chi connectivity index (χ1v) is 33.1. The van der Waals surface area contributed by atoms with Crippen molar-refractivity contribution in [2.45, 2.75) is 287 Å². The maximum Gasteiger partial charge on any atom is 0.392 e. The van der Waals surface area contributed by atoms with Crippen LogP contribution in [0.2, 0.25) is 0 Å². The van der Waals surface area contributed by atoms with Gasteiger partial charge >= 0.3 is 48.9 Å². The van der Waals surface area contributed by atoms with E-state index in [4.69, 9.17) is 2.74 Å². The highest BCUT2D eigenvalue weighted by Crippen LogP contribution is 2.65. The molecule has 0 radical (unpaired) electrons. The molecule has 0 aromatic carbocycles. The maximum absolute atomic E-state index is 12.9. The van der Waals surface area contributed by atoms with E-state index in [0.29, 0.717) is 43.9 Å². The zero-order chi connectivity index (χ0) is 77.0. The minimum Gasteiger partial charge on any atom is -0.247 e. The van der Waals surface area contributed by atoms with Gasteiger partial charge in [0.1, 0.15) is 18.5 Å². The van der Waals surface area contributed by atoms with E-state index in [1.807, 2.05) is 27.7 Å². The third-order valence-electron chi connectivity index (χ3n) is 22.6. The molecule has 8 saturated carbocycles. The van der Waals surface area contributed by atoms with Crippen molar-refractivity contribution in [3.05, 3.63) is 0 Å². The van der Waals surface area contributed by atoms with Crippen LogP contribution in [-0.4, -0.2) is 79.0 Å². The van der Waals surface area contributed by atoms with E-state index >= 15 is 0 Å². The van der Waals surface area contributed by atoms with Crippen molar-refractivity contribution in [3.63, 3.8) is 0 Å². The van der Waals surface area contributed by atoms with Crippen molar-refractivity contribution in [1.29, 1.82) is 0 Å². The lowest BCUT2D eigenvalue weighted by atomic mass is 9.73. The molecule has 0 aromatic heterocycles. The minimum absolute atomic E-state index is 0.119. The summed E-state index contributed by atoms with van der Waals surface area (Å²) in [4.78, 5) is 0. The summed E-state index contributed by atoms with van der Waals surface area (Å²) >= 11 is 0. The van der Waals surface area contributed by atoms with Crippen molar-refractivity contribution in [2.24, 2.45) is 136 Å². The number of hydrogen-bond acceptors (Lipinski definition) is 0. The van der Waals surface area contributed by atoms with Gasteiger partial charge in [0.05, 0.1) is 41.4 Å². The number of halogens is 28. The molecule has 0 nitrogen and oxygen atoms in total. The van der Waals surface area contributed by atoms with Gasteiger partial charge in [-0.3, -0.25) is 0 Å². The molecule has 23 unspecified atom stereocenters. The molecule has 0 amide bonds. The van der Waals surface area contributed by atoms with Crippen LogP contribution in [0.3, 0.4) is 0 Å². The predicted octanol–water partition coefficient (Wildman–Crippen LogP) is 26.6. The molecule has 8 aliphatic carbocycles. The standard InChI is InChI=1S/C10H14F6.3C9H15F3.C8H13F3.C8H16.C7H7F7.C7H11F3/c1-4-5(2)8(10(14,15)16)6(3)7(4)9(11,12)13;1-6-3-7(2)5-8(4-6)9(10,11)12;2*1-6-4-3-5-8(7(6)2)9(10,11)12;1-5-3-6(2)7(4-5)8(9,10)11;1-6-4-5-7(2)8(6)3;1-3-5(9,10)4(2,8)7(13,14)6(3,11)12;1-3-5(8)4(2)7(10)6(3)9/h4-8H,1-3H3;3*6-8H,3-5H2,1-2H3;5-7H,3-4H2,1-2H3;6-8H,4-5H2,1-3H3;3H,1-2H3;3-7H,1-2H3/i;;7D;;;8D;;. The predicted molar refractivity (Wildman–Crippen MR) is 312 cm³/mol. The van der Waals surface area contributed by atoms with Crippen molar-refractivity contribution in [1.82, 2.24) is 0 Å². The van der Waals surface area contributed by atoms with Gasteiger partial charge in [-0.1, -0.05) is 156 Å². The molecule has 28 heteroatoms. The van der Waals surface area contributed by atoms with Gasteiger partial charge in [0, 0.05) is 14.6 Å². The fraction of sp³-hybridized carbons (Fsp3) is 1.00. The van der Waals surface area contributed by atoms with E-state index in [-0.39, 0.29) is 67.6 Å². The minimum atomic E-state index is -5.36. The Bertz CT molecular complexity index is 2190. The second kappa shape index (κ2) is 34.3. The van der Waals surface area contributed by atoms with E-state index in [0.717, 1.165) is 39.0 Å². The average Bonchev–Trinajstić information content (AvgIpc) is 1.54. The van der Waals surface area contributed by atoms with E-state index in [1.54, 1.807) is 20.8 Å². The largest absolute Gasteiger partial charge is 0.392 e. The zero-order valence-corrected chi connectivity index (χ0v) is 57.6. The van der Waals surface area contributed by atoms with Crippen molar-refractivity contribution in [2.75, 3.05) is 0 Å². The van der Waals surface area contributed by atoms with E-state index < -0.39 is 156 Å². The van der Waals surface area contributed by atoms with E-state index in [9.17, 15) is 123 Å². The fourth-order valence-electron chi connectivity index (χ4n) is 15.4. The van der Waals surface area contributed by atoms with Gasteiger partial charge in [-0.25, -0.2) is 26.3 Å². The molecular formula is C67H106F28. The summed E-state index contributed by atoms with van der Waals surface area (Å²) in [6.45, 7) is 27.0. The molecule has 570 valence electrons. The van der Waals surface area contributed by atoms with Crippen LogP contribution in [0.4, 0.5) is 123 Å². The number of hydrogen-bond donors (Lipinski definition) is 0. The van der Waals surface area contributed by atoms with Crippen molar-refractivity contribution in [3.8, 4) is 0 Å². The van der Waals surface area contributed by atoms with Crippen LogP contribution < -0.4 is 0 Å². The normalized spacial score (nSPS) is 44.2. The first-order chi connectivity index (χ1) is 43.0. The summed E-state index contributed by atoms with van der Waals surface area (Å²) in [5.74, 6) is -31.2. The summed E-state index contributed by atoms with van der Waals surface area (Å²) in [5.41, 5.74) is -4.52. The van der Waals surface area contributed by atoms with Gasteiger partial charge in [-0.15, -0.1) is 0 Å². The highest BCUT2D eigenvalue weighted by molar-refractivity contribution is 5.19. The second-order valence-electron chi connectivity index (χ2n) is 29.9. The Balaban J connectivity index is 0.000000557. The Hall–Kier alpha value is -1.96. The lowest BCUT2D eigenvalue weighted by molar-refractivity contribution is -0.248. The lowest BCUT2D eigenvalue weighted by Gasteiger charge is -2.35. The Morgan fingerprint density at radius 3 is 0.863 bits per heavy atom. The average molecular weight is 1450 g/mol. The fourth-order valence-corrected chi connectivity index (χ4v) is 15.4. The van der Waals surface area contributed by atoms with Crippen LogP contribution in [0, 0.1) is 136 Å². The highest BCUT2D eigenvalue weighted by atomic mass is 19.4. The molecule has 0 N–H and O–H groups in total. The van der Waals surface area contributed by atoms with Gasteiger partial charge in [-0.05, 0) is 135 Å². The second-order valence-corrected chi connectivity index (χ2v) is 29.9. The van der Waals surface area contributed by atoms with Gasteiger partial charge in [0.15, 0.2) is 0 Å². The van der Waals surface area contributed by atoms with Crippen LogP contribution in [0.25, 0.3) is 0 Å². The molecule has 8 rings (SSSR count). The first-order valence-electron chi connectivity index (χ1n) is 34.1. The Morgan fingerprint density at radius 2 is 0.653 bits per heavy atom. The van der Waals surface area contributed by atoms with E-state index in [2.05, 4.69) is 20.8 Å². The zero-order valence-electron chi connectivity index (χ0n) is 59.6. The van der Waals surface area contributed by atoms with Crippen LogP contribution in [0.5, 0.6) is 0 Å². The monoisotopic (exact) mass is 1440 g/mol. The first kappa shape index (κ1) is 87.3. The molecule has 95 heavy (non-hydrogen) atoms. The van der Waals surface area contributed by atoms with Crippen LogP contribution in [0.1, 0.15) is 211 Å². The number of alkyl halides is 28. The Morgan fingerprint density at radius 1 is 0.305 bits per heavy atom. The van der Waals surface area contributed by atoms with E-state index in [1.165, 1.54) is 47.5 Å². The molecule has 0 aliphatic heterocycles. The highest BCUT2D eigenvalue weighted by Gasteiger charge is 2.88. The van der Waals surface area contributed by atoms with Crippen molar-refractivity contribution < 1.29 is 126 Å². The van der Waals surface area contributed by atoms with Gasteiger partial charge < -0.3 is 0 Å². The van der Waals surface area contributed by atoms with Crippen LogP contribution >= 0.6 is 0 Å². The molecule has 8 fully saturated rings. The molecule has 0 spiro atoms. The molecular weight excluding hydrogens is 1340 g/mol. The van der Waals surface area contributed by atoms with Crippen LogP contribution in [0.15, 0.2) is 0 Å². The van der Waals surface area contributed by atoms with Gasteiger partial charge in [0.2, 0.25) is 5.67 Å². The summed E-state index contributed by atoms with van der Waals surface area (Å²) < 4.78 is 366. The Labute approximate surface area is 547 Å². The van der Waals surface area contributed by atoms with Crippen molar-refractivity contribution >= 4 is 0 Å². The summed E-state index contributed by atoms with van der Waals surface area (Å²) in [7, 11) is 0. The molecule has 0 aromatic rings. The SMILES string of the molecule is CC1C(C)C(C(F)(F)F)C(C)C1C(F)(F)F.CC1C(F)(F)C(C)(F)C(F)(F)C1(F)F.CC1C(F)C(C)C(F)C1F.CC1CC(C)C(C(F)(F)F)C1.CC1CC(C)CC(C(F)(F)F)C1.CC1CCCC(C(F)(F)F)C1C.[2H]C1(C)C(C)CCC1C.[2H]C1(C)C(C)CCCC1C(F)(F)F. The lowest BCUT2D eigenvalue weighted by Crippen LogP contribution is -2.52. The maximum atomic E-state index is 12.9. The Kier molecular flexibility index (Phi) is 31.5. The quantitative estimate of drug-likeness (QED) is 0.212. The van der Waals surface area contributed by atoms with Crippen LogP contribution in [-0.2, 0) is 0 Å². The smallest absolute Gasteiger partial charge is 0.247 e. The summed E-state index contributed by atoms with van der Waals surface area (Å²) in [6.07, 6.45) is -21.1. The molecule has 0 saturated heterocycles. The molecule has 0 bridgehead atoms. The summed E-state index contributed by atoms with van der Waals surface area (Å²) in [6, 6.07) is 0.